The number of morpholine rings is 1. The highest BCUT2D eigenvalue weighted by Crippen LogP contribution is 2.15. The van der Waals surface area contributed by atoms with E-state index in [0.717, 1.165) is 44.8 Å². The van der Waals surface area contributed by atoms with Crippen LogP contribution >= 0.6 is 0 Å². The van der Waals surface area contributed by atoms with Crippen LogP contribution in [-0.4, -0.2) is 60.8 Å². The Hall–Kier alpha value is -1.59. The Morgan fingerprint density at radius 3 is 2.54 bits per heavy atom. The number of carbonyl (C=O) groups is 1. The van der Waals surface area contributed by atoms with Crippen LogP contribution in [0.15, 0.2) is 30.3 Å². The molecule has 5 heteroatoms. The molecule has 0 aromatic heterocycles. The molecule has 0 radical (unpaired) electrons. The maximum absolute atomic E-state index is 12.6. The van der Waals surface area contributed by atoms with Crippen LogP contribution in [0.3, 0.4) is 0 Å². The Labute approximate surface area is 146 Å². The highest BCUT2D eigenvalue weighted by molar-refractivity contribution is 5.74. The maximum atomic E-state index is 12.6. The second kappa shape index (κ2) is 9.04. The number of nitrogens with one attached hydrogen (secondary N) is 1. The van der Waals surface area contributed by atoms with E-state index in [2.05, 4.69) is 43.1 Å². The molecule has 0 atom stereocenters. The van der Waals surface area contributed by atoms with Gasteiger partial charge in [0.15, 0.2) is 0 Å². The normalized spacial score (nSPS) is 16.0. The van der Waals surface area contributed by atoms with Gasteiger partial charge < -0.3 is 15.0 Å². The molecule has 24 heavy (non-hydrogen) atoms. The summed E-state index contributed by atoms with van der Waals surface area (Å²) in [5, 5.41) is 3.13. The first-order valence-corrected chi connectivity index (χ1v) is 8.92. The molecule has 0 unspecified atom stereocenters. The molecule has 2 amide bonds. The van der Waals surface area contributed by atoms with Gasteiger partial charge in [-0.25, -0.2) is 4.79 Å². The predicted molar refractivity (Wildman–Crippen MR) is 97.0 cm³/mol. The Morgan fingerprint density at radius 1 is 1.25 bits per heavy atom. The van der Waals surface area contributed by atoms with Crippen molar-refractivity contribution >= 4 is 6.03 Å². The summed E-state index contributed by atoms with van der Waals surface area (Å²) >= 11 is 0. The third-order valence-corrected chi connectivity index (χ3v) is 4.54. The fraction of sp³-hybridized carbons (Fsp3) is 0.632. The molecular formula is C19H31N3O2. The third kappa shape index (κ3) is 5.49. The van der Waals surface area contributed by atoms with Crippen molar-refractivity contribution < 1.29 is 9.53 Å². The lowest BCUT2D eigenvalue weighted by Crippen LogP contribution is -2.56. The molecule has 5 nitrogen and oxygen atoms in total. The number of urea groups is 1. The zero-order valence-electron chi connectivity index (χ0n) is 15.3. The van der Waals surface area contributed by atoms with Gasteiger partial charge in [-0.15, -0.1) is 0 Å². The molecule has 1 saturated heterocycles. The molecule has 0 spiro atoms. The number of carbonyl (C=O) groups excluding carboxylic acids is 1. The van der Waals surface area contributed by atoms with Crippen LogP contribution in [-0.2, 0) is 11.3 Å². The van der Waals surface area contributed by atoms with E-state index in [1.165, 1.54) is 0 Å². The van der Waals surface area contributed by atoms with Gasteiger partial charge in [-0.3, -0.25) is 4.90 Å². The highest BCUT2D eigenvalue weighted by atomic mass is 16.5. The molecule has 1 aliphatic rings. The molecule has 0 bridgehead atoms. The quantitative estimate of drug-likeness (QED) is 0.834. The molecule has 1 heterocycles. The first-order valence-electron chi connectivity index (χ1n) is 8.92. The van der Waals surface area contributed by atoms with Crippen LogP contribution < -0.4 is 5.32 Å². The fourth-order valence-electron chi connectivity index (χ4n) is 3.01. The van der Waals surface area contributed by atoms with Crippen molar-refractivity contribution in [1.29, 1.82) is 0 Å². The molecule has 0 saturated carbocycles. The van der Waals surface area contributed by atoms with Gasteiger partial charge >= 0.3 is 6.03 Å². The summed E-state index contributed by atoms with van der Waals surface area (Å²) in [5.41, 5.74) is 1.10. The number of ether oxygens (including phenoxy) is 1. The summed E-state index contributed by atoms with van der Waals surface area (Å²) in [6, 6.07) is 10.2. The average Bonchev–Trinajstić information content (AvgIpc) is 2.61. The number of rotatable bonds is 7. The molecule has 0 aliphatic carbocycles. The van der Waals surface area contributed by atoms with Crippen molar-refractivity contribution in [2.24, 2.45) is 0 Å². The summed E-state index contributed by atoms with van der Waals surface area (Å²) in [7, 11) is 0. The van der Waals surface area contributed by atoms with Gasteiger partial charge in [0.1, 0.15) is 0 Å². The Kier molecular flexibility index (Phi) is 7.06. The van der Waals surface area contributed by atoms with Gasteiger partial charge in [0.2, 0.25) is 0 Å². The molecule has 1 aliphatic heterocycles. The minimum absolute atomic E-state index is 0.0158. The number of benzene rings is 1. The van der Waals surface area contributed by atoms with Crippen LogP contribution in [0, 0.1) is 0 Å². The summed E-state index contributed by atoms with van der Waals surface area (Å²) in [5.74, 6) is 0. The van der Waals surface area contributed by atoms with Gasteiger partial charge in [0.05, 0.1) is 13.2 Å². The minimum atomic E-state index is -0.0654. The lowest BCUT2D eigenvalue weighted by atomic mass is 10.0. The minimum Gasteiger partial charge on any atom is -0.379 e. The lowest BCUT2D eigenvalue weighted by Gasteiger charge is -2.41. The van der Waals surface area contributed by atoms with Crippen molar-refractivity contribution in [3.63, 3.8) is 0 Å². The molecular weight excluding hydrogens is 302 g/mol. The Morgan fingerprint density at radius 2 is 1.92 bits per heavy atom. The summed E-state index contributed by atoms with van der Waals surface area (Å²) in [6.07, 6.45) is 0.951. The Bertz CT molecular complexity index is 499. The second-order valence-electron chi connectivity index (χ2n) is 6.98. The topological polar surface area (TPSA) is 44.8 Å². The molecule has 134 valence electrons. The smallest absolute Gasteiger partial charge is 0.317 e. The van der Waals surface area contributed by atoms with Crippen LogP contribution in [0.1, 0.15) is 32.8 Å². The number of amides is 2. The number of nitrogens with zero attached hydrogens (tertiary/aromatic N) is 2. The van der Waals surface area contributed by atoms with Crippen molar-refractivity contribution in [1.82, 2.24) is 15.1 Å². The SMILES string of the molecule is CCCN(Cc1ccccc1)C(=O)NCC(C)(C)N1CCOCC1. The van der Waals surface area contributed by atoms with Gasteiger partial charge in [-0.2, -0.15) is 0 Å². The van der Waals surface area contributed by atoms with Crippen molar-refractivity contribution in [3.05, 3.63) is 35.9 Å². The van der Waals surface area contributed by atoms with Crippen molar-refractivity contribution in [2.45, 2.75) is 39.3 Å². The van der Waals surface area contributed by atoms with E-state index in [4.69, 9.17) is 4.74 Å². The van der Waals surface area contributed by atoms with E-state index in [1.54, 1.807) is 0 Å². The van der Waals surface area contributed by atoms with Crippen molar-refractivity contribution in [2.75, 3.05) is 39.4 Å². The van der Waals surface area contributed by atoms with E-state index in [1.807, 2.05) is 23.1 Å². The van der Waals surface area contributed by atoms with E-state index in [9.17, 15) is 4.79 Å². The van der Waals surface area contributed by atoms with Gasteiger partial charge in [0.25, 0.3) is 0 Å². The first kappa shape index (κ1) is 18.7. The van der Waals surface area contributed by atoms with E-state index >= 15 is 0 Å². The zero-order valence-corrected chi connectivity index (χ0v) is 15.3. The average molecular weight is 333 g/mol. The summed E-state index contributed by atoms with van der Waals surface area (Å²) in [6.45, 7) is 11.9. The number of hydrogen-bond acceptors (Lipinski definition) is 3. The fourth-order valence-corrected chi connectivity index (χ4v) is 3.01. The van der Waals surface area contributed by atoms with Crippen molar-refractivity contribution in [3.8, 4) is 0 Å². The van der Waals surface area contributed by atoms with Crippen LogP contribution in [0.2, 0.25) is 0 Å². The lowest BCUT2D eigenvalue weighted by molar-refractivity contribution is -0.00906. The molecule has 2 rings (SSSR count). The molecule has 1 N–H and O–H groups in total. The first-order chi connectivity index (χ1) is 11.5. The third-order valence-electron chi connectivity index (χ3n) is 4.54. The summed E-state index contributed by atoms with van der Waals surface area (Å²) < 4.78 is 5.42. The maximum Gasteiger partial charge on any atom is 0.317 e. The van der Waals surface area contributed by atoms with Crippen LogP contribution in [0.25, 0.3) is 0 Å². The second-order valence-corrected chi connectivity index (χ2v) is 6.98. The van der Waals surface area contributed by atoms with Gasteiger partial charge in [-0.05, 0) is 25.8 Å². The van der Waals surface area contributed by atoms with Gasteiger partial charge in [-0.1, -0.05) is 37.3 Å². The standard InChI is InChI=1S/C19H31N3O2/c1-4-10-21(15-17-8-6-5-7-9-17)18(23)20-16-19(2,3)22-11-13-24-14-12-22/h5-9H,4,10-16H2,1-3H3,(H,20,23). The van der Waals surface area contributed by atoms with E-state index in [-0.39, 0.29) is 11.6 Å². The largest absolute Gasteiger partial charge is 0.379 e. The zero-order chi connectivity index (χ0) is 17.4. The summed E-state index contributed by atoms with van der Waals surface area (Å²) in [4.78, 5) is 16.9. The van der Waals surface area contributed by atoms with E-state index in [0.29, 0.717) is 13.1 Å². The monoisotopic (exact) mass is 333 g/mol. The number of hydrogen-bond donors (Lipinski definition) is 1. The molecule has 1 fully saturated rings. The Balaban J connectivity index is 1.89. The van der Waals surface area contributed by atoms with Crippen LogP contribution in [0.5, 0.6) is 0 Å². The van der Waals surface area contributed by atoms with E-state index < -0.39 is 0 Å². The van der Waals surface area contributed by atoms with Crippen LogP contribution in [0.4, 0.5) is 4.79 Å². The highest BCUT2D eigenvalue weighted by Gasteiger charge is 2.29. The van der Waals surface area contributed by atoms with Gasteiger partial charge in [0, 0.05) is 38.3 Å². The molecule has 1 aromatic rings. The molecule has 1 aromatic carbocycles. The predicted octanol–water partition coefficient (Wildman–Crippen LogP) is 2.72.